The maximum Gasteiger partial charge on any atom is 0.303 e. The lowest BCUT2D eigenvalue weighted by molar-refractivity contribution is -0.137. The number of carboxylic acids is 1. The molecule has 4 aliphatic heterocycles. The van der Waals surface area contributed by atoms with Crippen LogP contribution in [-0.4, -0.2) is 33.3 Å². The molecule has 5 rings (SSSR count). The van der Waals surface area contributed by atoms with Crippen LogP contribution in [0.15, 0.2) is 120 Å². The molecule has 0 saturated carbocycles. The Balaban J connectivity index is 1.72. The minimum atomic E-state index is -0.821. The van der Waals surface area contributed by atoms with E-state index >= 15 is 0 Å². The van der Waals surface area contributed by atoms with Crippen LogP contribution < -0.4 is 0 Å². The Kier molecular flexibility index (Phi) is 6.74. The van der Waals surface area contributed by atoms with E-state index in [4.69, 9.17) is 15.0 Å². The van der Waals surface area contributed by atoms with E-state index in [1.165, 1.54) is 5.57 Å². The van der Waals surface area contributed by atoms with Gasteiger partial charge in [0.05, 0.1) is 22.8 Å². The molecule has 6 bridgehead atoms. The molecule has 0 aromatic rings. The zero-order valence-electron chi connectivity index (χ0n) is 22.4. The molecule has 6 nitrogen and oxygen atoms in total. The van der Waals surface area contributed by atoms with Crippen molar-refractivity contribution in [1.82, 2.24) is 0 Å². The number of rotatable bonds is 5. The topological polar surface area (TPSA) is 94.6 Å². The summed E-state index contributed by atoms with van der Waals surface area (Å²) in [6, 6.07) is 0. The molecule has 0 aromatic heterocycles. The number of hydrogen-bond acceptors (Lipinski definition) is 5. The van der Waals surface area contributed by atoms with Crippen molar-refractivity contribution in [3.8, 4) is 0 Å². The second kappa shape index (κ2) is 10.0. The van der Waals surface area contributed by atoms with Crippen molar-refractivity contribution in [2.75, 3.05) is 0 Å². The van der Waals surface area contributed by atoms with Crippen LogP contribution in [0.4, 0.5) is 0 Å². The van der Waals surface area contributed by atoms with E-state index in [0.717, 1.165) is 74.1 Å². The lowest BCUT2D eigenvalue weighted by Crippen LogP contribution is -2.08. The Morgan fingerprint density at radius 2 is 1.89 bits per heavy atom. The van der Waals surface area contributed by atoms with Crippen LogP contribution >= 0.6 is 0 Å². The Hall–Kier alpha value is -4.06. The van der Waals surface area contributed by atoms with E-state index < -0.39 is 5.97 Å². The molecule has 5 aliphatic rings. The summed E-state index contributed by atoms with van der Waals surface area (Å²) in [6.07, 6.45) is 14.4. The van der Waals surface area contributed by atoms with Crippen LogP contribution in [0.25, 0.3) is 0 Å². The third-order valence-electron chi connectivity index (χ3n) is 7.90. The molecule has 1 atom stereocenters. The predicted octanol–water partition coefficient (Wildman–Crippen LogP) is 7.20. The molecule has 4 heterocycles. The van der Waals surface area contributed by atoms with Gasteiger partial charge in [0.2, 0.25) is 0 Å². The molecule has 2 N–H and O–H groups in total. The average molecular weight is 508 g/mol. The minimum Gasteiger partial charge on any atom is -0.511 e. The van der Waals surface area contributed by atoms with Crippen molar-refractivity contribution < 1.29 is 15.0 Å². The van der Waals surface area contributed by atoms with Gasteiger partial charge in [0, 0.05) is 41.3 Å². The fraction of sp³-hybridized carbons (Fsp3) is 0.312. The second-order valence-corrected chi connectivity index (χ2v) is 10.3. The molecule has 0 spiro atoms. The molecule has 0 amide bonds. The smallest absolute Gasteiger partial charge is 0.303 e. The quantitative estimate of drug-likeness (QED) is 0.412. The standard InChI is InChI=1S/C32H33N3O3/c1-6-20-9-12-25-18(4)23(7-2)27(34-25)16-26-19(5)30-28(36)15-24(32(30)35-26)31-21(10-13-29(37)38)14-22(33-31)11-8-17(20)3/h6,8-9,11-12,16,21,36H,1,7,10,13-15H2,2-5H3,(H,37,38). The van der Waals surface area contributed by atoms with Gasteiger partial charge in [-0.2, -0.15) is 0 Å². The van der Waals surface area contributed by atoms with Gasteiger partial charge in [-0.25, -0.2) is 9.98 Å². The Bertz CT molecular complexity index is 1510. The summed E-state index contributed by atoms with van der Waals surface area (Å²) in [4.78, 5) is 26.3. The Morgan fingerprint density at radius 3 is 2.61 bits per heavy atom. The number of aliphatic carboxylic acids is 1. The fourth-order valence-corrected chi connectivity index (χ4v) is 5.76. The van der Waals surface area contributed by atoms with Gasteiger partial charge in [0.25, 0.3) is 0 Å². The van der Waals surface area contributed by atoms with Crippen LogP contribution in [0.3, 0.4) is 0 Å². The van der Waals surface area contributed by atoms with Gasteiger partial charge in [-0.3, -0.25) is 9.79 Å². The first-order chi connectivity index (χ1) is 18.2. The number of carbonyl (C=O) groups is 1. The summed E-state index contributed by atoms with van der Waals surface area (Å²) < 4.78 is 0. The Morgan fingerprint density at radius 1 is 1.11 bits per heavy atom. The Labute approximate surface area is 223 Å². The molecular formula is C32H33N3O3. The highest BCUT2D eigenvalue weighted by atomic mass is 16.4. The van der Waals surface area contributed by atoms with Crippen molar-refractivity contribution in [1.29, 1.82) is 0 Å². The van der Waals surface area contributed by atoms with E-state index in [-0.39, 0.29) is 12.3 Å². The zero-order chi connectivity index (χ0) is 27.1. The molecule has 1 unspecified atom stereocenters. The van der Waals surface area contributed by atoms with Crippen LogP contribution in [0.1, 0.15) is 59.8 Å². The van der Waals surface area contributed by atoms with Gasteiger partial charge in [-0.15, -0.1) is 0 Å². The summed E-state index contributed by atoms with van der Waals surface area (Å²) in [6.45, 7) is 12.3. The van der Waals surface area contributed by atoms with E-state index in [2.05, 4.69) is 20.4 Å². The molecule has 38 heavy (non-hydrogen) atoms. The maximum absolute atomic E-state index is 11.4. The van der Waals surface area contributed by atoms with Crippen LogP contribution in [0.5, 0.6) is 0 Å². The summed E-state index contributed by atoms with van der Waals surface area (Å²) in [5.74, 6) is -0.570. The third-order valence-corrected chi connectivity index (χ3v) is 7.90. The fourth-order valence-electron chi connectivity index (χ4n) is 5.76. The van der Waals surface area contributed by atoms with Gasteiger partial charge in [-0.05, 0) is 86.1 Å². The average Bonchev–Trinajstić information content (AvgIpc) is 3.60. The molecular weight excluding hydrogens is 474 g/mol. The molecule has 6 heteroatoms. The number of aliphatic imine (C=N–C) groups is 3. The second-order valence-electron chi connectivity index (χ2n) is 10.3. The number of aliphatic hydroxyl groups excluding tert-OH is 1. The number of aliphatic hydroxyl groups is 1. The van der Waals surface area contributed by atoms with Crippen molar-refractivity contribution in [2.24, 2.45) is 20.9 Å². The summed E-state index contributed by atoms with van der Waals surface area (Å²) in [7, 11) is 0. The summed E-state index contributed by atoms with van der Waals surface area (Å²) in [5, 5.41) is 20.4. The molecule has 0 radical (unpaired) electrons. The van der Waals surface area contributed by atoms with Gasteiger partial charge in [0.1, 0.15) is 5.76 Å². The lowest BCUT2D eigenvalue weighted by Gasteiger charge is -2.12. The first-order valence-corrected chi connectivity index (χ1v) is 13.2. The van der Waals surface area contributed by atoms with E-state index in [0.29, 0.717) is 25.0 Å². The van der Waals surface area contributed by atoms with E-state index in [1.54, 1.807) is 0 Å². The zero-order valence-corrected chi connectivity index (χ0v) is 22.4. The van der Waals surface area contributed by atoms with Crippen LogP contribution in [-0.2, 0) is 4.79 Å². The van der Waals surface area contributed by atoms with E-state index in [1.807, 2.05) is 50.3 Å². The first-order valence-electron chi connectivity index (χ1n) is 13.2. The van der Waals surface area contributed by atoms with Gasteiger partial charge < -0.3 is 10.2 Å². The number of nitrogens with zero attached hydrogens (tertiary/aromatic N) is 3. The maximum atomic E-state index is 11.4. The third kappa shape index (κ3) is 4.44. The number of allylic oxidation sites excluding steroid dienone is 14. The summed E-state index contributed by atoms with van der Waals surface area (Å²) >= 11 is 0. The van der Waals surface area contributed by atoms with Crippen molar-refractivity contribution in [3.05, 3.63) is 105 Å². The highest BCUT2D eigenvalue weighted by Gasteiger charge is 2.37. The minimum absolute atomic E-state index is 0.0421. The summed E-state index contributed by atoms with van der Waals surface area (Å²) in [5.41, 5.74) is 12.1. The SMILES string of the molecule is C=CC1=C(C)C=CC2=NC(=C3CC(O)=C4C3=NC(=C4C)C=C3N=C(C=C1)C(C)=C3CC)C(CCC(=O)O)C2. The molecule has 1 aliphatic carbocycles. The highest BCUT2D eigenvalue weighted by molar-refractivity contribution is 6.21. The van der Waals surface area contributed by atoms with Gasteiger partial charge >= 0.3 is 5.97 Å². The number of hydrogen-bond donors (Lipinski definition) is 2. The largest absolute Gasteiger partial charge is 0.511 e. The monoisotopic (exact) mass is 507 g/mol. The van der Waals surface area contributed by atoms with E-state index in [9.17, 15) is 15.0 Å². The van der Waals surface area contributed by atoms with Crippen molar-refractivity contribution in [2.45, 2.75) is 59.8 Å². The predicted molar refractivity (Wildman–Crippen MR) is 154 cm³/mol. The van der Waals surface area contributed by atoms with Crippen molar-refractivity contribution >= 4 is 23.1 Å². The van der Waals surface area contributed by atoms with Crippen molar-refractivity contribution in [3.63, 3.8) is 0 Å². The molecule has 0 fully saturated rings. The van der Waals surface area contributed by atoms with Crippen LogP contribution in [0.2, 0.25) is 0 Å². The van der Waals surface area contributed by atoms with Crippen LogP contribution in [0, 0.1) is 5.92 Å². The molecule has 0 saturated heterocycles. The molecule has 194 valence electrons. The number of carboxylic acid groups (broad SMARTS) is 1. The number of fused-ring (bicyclic) bond motifs is 3. The lowest BCUT2D eigenvalue weighted by atomic mass is 9.92. The normalized spacial score (nSPS) is 22.9. The van der Waals surface area contributed by atoms with Gasteiger partial charge in [-0.1, -0.05) is 31.7 Å². The van der Waals surface area contributed by atoms with Gasteiger partial charge in [0.15, 0.2) is 0 Å². The highest BCUT2D eigenvalue weighted by Crippen LogP contribution is 2.44. The first kappa shape index (κ1) is 25.6. The molecule has 0 aromatic carbocycles.